The lowest BCUT2D eigenvalue weighted by Crippen LogP contribution is -2.37. The molecule has 0 bridgehead atoms. The number of aryl methyl sites for hydroxylation is 1. The number of hydrogen-bond donors (Lipinski definition) is 1. The van der Waals surface area contributed by atoms with Crippen LogP contribution in [0.5, 0.6) is 0 Å². The number of pyridine rings is 1. The van der Waals surface area contributed by atoms with E-state index in [1.165, 1.54) is 37.0 Å². The molecule has 0 aliphatic carbocycles. The molecule has 2 aromatic heterocycles. The third-order valence-electron chi connectivity index (χ3n) is 3.75. The highest BCUT2D eigenvalue weighted by Crippen LogP contribution is 2.26. The Morgan fingerprint density at radius 1 is 1.16 bits per heavy atom. The number of nitrogens with zero attached hydrogens (tertiary/aromatic N) is 3. The first-order valence-corrected chi connectivity index (χ1v) is 7.88. The van der Waals surface area contributed by atoms with E-state index in [0.717, 1.165) is 4.57 Å². The average Bonchev–Trinajstić information content (AvgIpc) is 2.60. The van der Waals surface area contributed by atoms with E-state index in [4.69, 9.17) is 23.2 Å². The quantitative estimate of drug-likeness (QED) is 0.740. The molecule has 0 saturated carbocycles. The summed E-state index contributed by atoms with van der Waals surface area (Å²) in [5, 5.41) is 3.22. The molecule has 9 heteroatoms. The molecule has 25 heavy (non-hydrogen) atoms. The largest absolute Gasteiger partial charge is 0.332 e. The van der Waals surface area contributed by atoms with Crippen molar-refractivity contribution in [2.24, 2.45) is 14.1 Å². The first-order valence-electron chi connectivity index (χ1n) is 7.12. The minimum absolute atomic E-state index is 0.133. The van der Waals surface area contributed by atoms with Crippen LogP contribution in [0.1, 0.15) is 10.4 Å². The molecule has 0 saturated heterocycles. The second kappa shape index (κ2) is 6.34. The molecule has 0 aliphatic rings. The zero-order valence-electron chi connectivity index (χ0n) is 13.2. The van der Waals surface area contributed by atoms with E-state index in [9.17, 15) is 14.4 Å². The summed E-state index contributed by atoms with van der Waals surface area (Å²) in [4.78, 5) is 40.7. The summed E-state index contributed by atoms with van der Waals surface area (Å²) < 4.78 is 2.24. The maximum absolute atomic E-state index is 12.4. The molecule has 0 spiro atoms. The Balaban J connectivity index is 2.06. The fourth-order valence-electron chi connectivity index (χ4n) is 2.41. The van der Waals surface area contributed by atoms with Crippen LogP contribution in [0.3, 0.4) is 0 Å². The maximum atomic E-state index is 12.4. The molecule has 0 aliphatic heterocycles. The highest BCUT2D eigenvalue weighted by Gasteiger charge is 2.15. The maximum Gasteiger partial charge on any atom is 0.332 e. The Bertz CT molecular complexity index is 1130. The summed E-state index contributed by atoms with van der Waals surface area (Å²) in [7, 11) is 2.89. The van der Waals surface area contributed by atoms with Crippen LogP contribution in [0.15, 0.2) is 40.1 Å². The van der Waals surface area contributed by atoms with Gasteiger partial charge in [0.15, 0.2) is 0 Å². The van der Waals surface area contributed by atoms with Gasteiger partial charge in [-0.15, -0.1) is 0 Å². The van der Waals surface area contributed by atoms with Crippen molar-refractivity contribution in [2.45, 2.75) is 0 Å². The molecule has 1 amide bonds. The van der Waals surface area contributed by atoms with Crippen molar-refractivity contribution in [3.63, 3.8) is 0 Å². The number of amides is 1. The van der Waals surface area contributed by atoms with Crippen LogP contribution >= 0.6 is 23.2 Å². The highest BCUT2D eigenvalue weighted by atomic mass is 35.5. The summed E-state index contributed by atoms with van der Waals surface area (Å²) in [6, 6.07) is 6.16. The molecular formula is C16H12Cl2N4O3. The number of carbonyl (C=O) groups is 1. The molecule has 2 heterocycles. The number of rotatable bonds is 2. The van der Waals surface area contributed by atoms with Gasteiger partial charge in [0.2, 0.25) is 0 Å². The van der Waals surface area contributed by atoms with Gasteiger partial charge in [-0.05, 0) is 18.2 Å². The van der Waals surface area contributed by atoms with Crippen molar-refractivity contribution < 1.29 is 4.79 Å². The molecule has 128 valence electrons. The van der Waals surface area contributed by atoms with Crippen molar-refractivity contribution in [1.82, 2.24) is 14.1 Å². The average molecular weight is 379 g/mol. The Hall–Kier alpha value is -2.64. The van der Waals surface area contributed by atoms with E-state index >= 15 is 0 Å². The zero-order chi connectivity index (χ0) is 18.3. The molecule has 0 radical (unpaired) electrons. The van der Waals surface area contributed by atoms with Gasteiger partial charge in [0, 0.05) is 14.1 Å². The summed E-state index contributed by atoms with van der Waals surface area (Å²) in [5.74, 6) is -0.490. The third kappa shape index (κ3) is 2.92. The number of anilines is 1. The number of aromatic nitrogens is 3. The van der Waals surface area contributed by atoms with Crippen LogP contribution < -0.4 is 16.6 Å². The summed E-state index contributed by atoms with van der Waals surface area (Å²) >= 11 is 11.9. The van der Waals surface area contributed by atoms with Gasteiger partial charge >= 0.3 is 5.69 Å². The van der Waals surface area contributed by atoms with Gasteiger partial charge in [-0.3, -0.25) is 18.7 Å². The predicted molar refractivity (Wildman–Crippen MR) is 96.6 cm³/mol. The van der Waals surface area contributed by atoms with Gasteiger partial charge in [0.05, 0.1) is 32.9 Å². The summed E-state index contributed by atoms with van der Waals surface area (Å²) in [6.45, 7) is 0. The van der Waals surface area contributed by atoms with Crippen molar-refractivity contribution in [3.8, 4) is 0 Å². The minimum Gasteiger partial charge on any atom is -0.321 e. The van der Waals surface area contributed by atoms with Gasteiger partial charge in [-0.25, -0.2) is 9.78 Å². The number of hydrogen-bond acceptors (Lipinski definition) is 4. The smallest absolute Gasteiger partial charge is 0.321 e. The summed E-state index contributed by atoms with van der Waals surface area (Å²) in [5.41, 5.74) is -0.256. The van der Waals surface area contributed by atoms with E-state index in [1.54, 1.807) is 12.1 Å². The molecule has 0 unspecified atom stereocenters. The van der Waals surface area contributed by atoms with Crippen molar-refractivity contribution in [1.29, 1.82) is 0 Å². The van der Waals surface area contributed by atoms with Crippen LogP contribution in [-0.4, -0.2) is 20.0 Å². The number of halogens is 2. The van der Waals surface area contributed by atoms with E-state index < -0.39 is 17.2 Å². The van der Waals surface area contributed by atoms with E-state index in [0.29, 0.717) is 5.69 Å². The lowest BCUT2D eigenvalue weighted by Gasteiger charge is -2.10. The monoisotopic (exact) mass is 378 g/mol. The number of carbonyl (C=O) groups excluding carboxylic acids is 1. The molecule has 1 aromatic carbocycles. The van der Waals surface area contributed by atoms with Crippen LogP contribution in [0, 0.1) is 0 Å². The van der Waals surface area contributed by atoms with Crippen LogP contribution in [0.2, 0.25) is 10.0 Å². The summed E-state index contributed by atoms with van der Waals surface area (Å²) in [6.07, 6.45) is 1.36. The predicted octanol–water partition coefficient (Wildman–Crippen LogP) is 2.19. The first kappa shape index (κ1) is 17.2. The Morgan fingerprint density at radius 2 is 1.88 bits per heavy atom. The molecule has 0 atom stereocenters. The fraction of sp³-hybridized carbons (Fsp3) is 0.125. The Kier molecular flexibility index (Phi) is 4.36. The molecule has 3 rings (SSSR count). The highest BCUT2D eigenvalue weighted by molar-refractivity contribution is 6.44. The van der Waals surface area contributed by atoms with Crippen LogP contribution in [-0.2, 0) is 14.1 Å². The van der Waals surface area contributed by atoms with Gasteiger partial charge < -0.3 is 5.32 Å². The van der Waals surface area contributed by atoms with Crippen LogP contribution in [0.25, 0.3) is 11.0 Å². The molecule has 7 nitrogen and oxygen atoms in total. The van der Waals surface area contributed by atoms with Gasteiger partial charge in [0.25, 0.3) is 11.5 Å². The van der Waals surface area contributed by atoms with E-state index in [1.807, 2.05) is 0 Å². The third-order valence-corrected chi connectivity index (χ3v) is 4.57. The molecular weight excluding hydrogens is 367 g/mol. The van der Waals surface area contributed by atoms with E-state index in [-0.39, 0.29) is 26.6 Å². The van der Waals surface area contributed by atoms with Gasteiger partial charge in [0.1, 0.15) is 5.65 Å². The fourth-order valence-corrected chi connectivity index (χ4v) is 2.80. The van der Waals surface area contributed by atoms with Gasteiger partial charge in [-0.2, -0.15) is 0 Å². The number of benzene rings is 1. The second-order valence-electron chi connectivity index (χ2n) is 5.36. The molecule has 1 N–H and O–H groups in total. The molecule has 3 aromatic rings. The van der Waals surface area contributed by atoms with Crippen molar-refractivity contribution in [2.75, 3.05) is 5.32 Å². The normalized spacial score (nSPS) is 10.9. The van der Waals surface area contributed by atoms with Crippen molar-refractivity contribution in [3.05, 3.63) is 66.9 Å². The van der Waals surface area contributed by atoms with Crippen LogP contribution in [0.4, 0.5) is 5.69 Å². The minimum atomic E-state index is -0.498. The number of nitrogens with one attached hydrogen (secondary N) is 1. The first-order chi connectivity index (χ1) is 11.8. The Morgan fingerprint density at radius 3 is 2.60 bits per heavy atom. The van der Waals surface area contributed by atoms with E-state index in [2.05, 4.69) is 10.3 Å². The second-order valence-corrected chi connectivity index (χ2v) is 6.14. The lowest BCUT2D eigenvalue weighted by atomic mass is 10.2. The Labute approximate surface area is 151 Å². The zero-order valence-corrected chi connectivity index (χ0v) is 14.7. The standard InChI is InChI=1S/C16H12Cl2N4O3/c1-21-13-10(15(24)22(2)16(21)25)6-8(7-19-13)20-14(23)9-4-3-5-11(17)12(9)18/h3-7H,1-2H3,(H,20,23). The molecule has 0 fully saturated rings. The number of fused-ring (bicyclic) bond motifs is 1. The lowest BCUT2D eigenvalue weighted by molar-refractivity contribution is 0.102. The van der Waals surface area contributed by atoms with Gasteiger partial charge in [-0.1, -0.05) is 29.3 Å². The topological polar surface area (TPSA) is 86.0 Å². The SMILES string of the molecule is Cn1c(=O)c2cc(NC(=O)c3cccc(Cl)c3Cl)cnc2n(C)c1=O. The van der Waals surface area contributed by atoms with Crippen molar-refractivity contribution >= 4 is 45.8 Å².